The molecule has 166 valence electrons. The fraction of sp³-hybridized carbons (Fsp3) is 0.125. The first kappa shape index (κ1) is 21.0. The van der Waals surface area contributed by atoms with Gasteiger partial charge in [-0.2, -0.15) is 15.5 Å². The first-order chi connectivity index (χ1) is 16.4. The van der Waals surface area contributed by atoms with E-state index >= 15 is 0 Å². The molecule has 0 aliphatic rings. The highest BCUT2D eigenvalue weighted by Crippen LogP contribution is 2.24. The Morgan fingerprint density at radius 2 is 1.85 bits per heavy atom. The minimum absolute atomic E-state index is 0.111. The SMILES string of the molecule is CC(=O)c1cc(-n2nc(C#N)cc2C)nc(-n2cnc3ccc(Nc4ccc(C)nn4)cc32)c1. The van der Waals surface area contributed by atoms with Crippen molar-refractivity contribution in [3.8, 4) is 17.7 Å². The molecule has 0 amide bonds. The summed E-state index contributed by atoms with van der Waals surface area (Å²) >= 11 is 0. The average Bonchev–Trinajstić information content (AvgIpc) is 3.43. The lowest BCUT2D eigenvalue weighted by atomic mass is 10.2. The Kier molecular flexibility index (Phi) is 5.07. The van der Waals surface area contributed by atoms with Crippen molar-refractivity contribution in [1.29, 1.82) is 5.26 Å². The molecule has 0 unspecified atom stereocenters. The van der Waals surface area contributed by atoms with E-state index in [9.17, 15) is 10.1 Å². The Morgan fingerprint density at radius 1 is 1.03 bits per heavy atom. The molecule has 0 atom stereocenters. The van der Waals surface area contributed by atoms with Gasteiger partial charge < -0.3 is 5.32 Å². The molecule has 0 aliphatic carbocycles. The van der Waals surface area contributed by atoms with Gasteiger partial charge in [-0.3, -0.25) is 9.36 Å². The number of ketones is 1. The highest BCUT2D eigenvalue weighted by molar-refractivity contribution is 5.95. The Morgan fingerprint density at radius 3 is 2.56 bits per heavy atom. The minimum atomic E-state index is -0.111. The van der Waals surface area contributed by atoms with Gasteiger partial charge in [0, 0.05) is 16.9 Å². The molecule has 0 bridgehead atoms. The number of fused-ring (bicyclic) bond motifs is 1. The van der Waals surface area contributed by atoms with E-state index in [4.69, 9.17) is 4.98 Å². The van der Waals surface area contributed by atoms with Crippen LogP contribution in [0.2, 0.25) is 0 Å². The lowest BCUT2D eigenvalue weighted by Gasteiger charge is -2.11. The van der Waals surface area contributed by atoms with Crippen LogP contribution in [-0.4, -0.2) is 40.3 Å². The summed E-state index contributed by atoms with van der Waals surface area (Å²) in [5.41, 5.74) is 4.67. The maximum atomic E-state index is 12.3. The molecule has 4 aromatic heterocycles. The third-order valence-electron chi connectivity index (χ3n) is 5.29. The summed E-state index contributed by atoms with van der Waals surface area (Å²) in [6.45, 7) is 5.20. The topological polar surface area (TPSA) is 127 Å². The molecule has 0 aliphatic heterocycles. The van der Waals surface area contributed by atoms with Crippen LogP contribution in [-0.2, 0) is 0 Å². The van der Waals surface area contributed by atoms with E-state index in [1.54, 1.807) is 33.8 Å². The van der Waals surface area contributed by atoms with Crippen molar-refractivity contribution in [3.05, 3.63) is 77.5 Å². The number of imidazole rings is 1. The largest absolute Gasteiger partial charge is 0.339 e. The number of pyridine rings is 1. The van der Waals surface area contributed by atoms with E-state index in [1.807, 2.05) is 50.2 Å². The molecule has 5 rings (SSSR count). The van der Waals surface area contributed by atoms with Crippen LogP contribution in [0.5, 0.6) is 0 Å². The maximum Gasteiger partial charge on any atom is 0.163 e. The van der Waals surface area contributed by atoms with Gasteiger partial charge in [-0.05, 0) is 69.3 Å². The number of aromatic nitrogens is 7. The van der Waals surface area contributed by atoms with E-state index in [0.29, 0.717) is 23.0 Å². The Hall–Kier alpha value is -4.91. The van der Waals surface area contributed by atoms with E-state index in [-0.39, 0.29) is 11.5 Å². The van der Waals surface area contributed by atoms with E-state index < -0.39 is 0 Å². The predicted octanol–water partition coefficient (Wildman–Crippen LogP) is 3.83. The van der Waals surface area contributed by atoms with Crippen molar-refractivity contribution in [2.24, 2.45) is 0 Å². The van der Waals surface area contributed by atoms with E-state index in [0.717, 1.165) is 28.1 Å². The number of nitrogens with one attached hydrogen (secondary N) is 1. The number of carbonyl (C=O) groups is 1. The van der Waals surface area contributed by atoms with Gasteiger partial charge in [-0.15, -0.1) is 5.10 Å². The lowest BCUT2D eigenvalue weighted by Crippen LogP contribution is -2.08. The maximum absolute atomic E-state index is 12.3. The number of carbonyl (C=O) groups excluding carboxylic acids is 1. The summed E-state index contributed by atoms with van der Waals surface area (Å²) in [6, 6.07) is 16.5. The molecule has 4 heterocycles. The van der Waals surface area contributed by atoms with Gasteiger partial charge in [0.25, 0.3) is 0 Å². The number of hydrogen-bond donors (Lipinski definition) is 1. The van der Waals surface area contributed by atoms with Crippen molar-refractivity contribution in [1.82, 2.24) is 34.5 Å². The van der Waals surface area contributed by atoms with Crippen LogP contribution < -0.4 is 5.32 Å². The Balaban J connectivity index is 1.61. The summed E-state index contributed by atoms with van der Waals surface area (Å²) in [6.07, 6.45) is 1.66. The lowest BCUT2D eigenvalue weighted by molar-refractivity contribution is 0.101. The second kappa shape index (κ2) is 8.22. The van der Waals surface area contributed by atoms with Crippen LogP contribution in [0.25, 0.3) is 22.7 Å². The van der Waals surface area contributed by atoms with Gasteiger partial charge >= 0.3 is 0 Å². The number of rotatable bonds is 5. The first-order valence-corrected chi connectivity index (χ1v) is 10.5. The quantitative estimate of drug-likeness (QED) is 0.401. The van der Waals surface area contributed by atoms with Crippen LogP contribution in [0.1, 0.15) is 34.4 Å². The third kappa shape index (κ3) is 3.86. The van der Waals surface area contributed by atoms with E-state index in [1.165, 1.54) is 6.92 Å². The molecular weight excluding hydrogens is 430 g/mol. The molecule has 1 N–H and O–H groups in total. The molecule has 0 radical (unpaired) electrons. The second-order valence-electron chi connectivity index (χ2n) is 7.83. The van der Waals surface area contributed by atoms with Crippen molar-refractivity contribution in [3.63, 3.8) is 0 Å². The van der Waals surface area contributed by atoms with Crippen LogP contribution >= 0.6 is 0 Å². The monoisotopic (exact) mass is 449 g/mol. The standard InChI is InChI=1S/C24H19N9O/c1-14-4-7-22(30-29-14)27-18-5-6-20-21(11-18)32(13-26-20)23-9-17(16(3)34)10-24(28-23)33-15(2)8-19(12-25)31-33/h4-11,13H,1-3H3,(H,27,30). The Labute approximate surface area is 194 Å². The van der Waals surface area contributed by atoms with Gasteiger partial charge in [0.15, 0.2) is 23.1 Å². The van der Waals surface area contributed by atoms with Crippen LogP contribution in [0.3, 0.4) is 0 Å². The van der Waals surface area contributed by atoms with Crippen molar-refractivity contribution < 1.29 is 4.79 Å². The number of anilines is 2. The first-order valence-electron chi connectivity index (χ1n) is 10.5. The molecule has 1 aromatic carbocycles. The molecule has 0 saturated heterocycles. The summed E-state index contributed by atoms with van der Waals surface area (Å²) in [5.74, 6) is 1.45. The van der Waals surface area contributed by atoms with Gasteiger partial charge in [0.05, 0.1) is 16.7 Å². The molecule has 0 saturated carbocycles. The normalized spacial score (nSPS) is 10.9. The van der Waals surface area contributed by atoms with Gasteiger partial charge in [-0.1, -0.05) is 0 Å². The molecule has 5 aromatic rings. The molecule has 34 heavy (non-hydrogen) atoms. The van der Waals surface area contributed by atoms with Gasteiger partial charge in [0.1, 0.15) is 18.2 Å². The number of aryl methyl sites for hydroxylation is 2. The number of Topliss-reactive ketones (excluding diaryl/α,β-unsaturated/α-hetero) is 1. The number of nitriles is 1. The van der Waals surface area contributed by atoms with Crippen LogP contribution in [0, 0.1) is 25.2 Å². The zero-order valence-electron chi connectivity index (χ0n) is 18.7. The number of hydrogen-bond acceptors (Lipinski definition) is 8. The van der Waals surface area contributed by atoms with E-state index in [2.05, 4.69) is 25.6 Å². The molecule has 10 nitrogen and oxygen atoms in total. The molecular formula is C24H19N9O. The summed E-state index contributed by atoms with van der Waals surface area (Å²) in [5, 5.41) is 25.0. The van der Waals surface area contributed by atoms with Crippen molar-refractivity contribution >= 4 is 28.3 Å². The summed E-state index contributed by atoms with van der Waals surface area (Å²) in [7, 11) is 0. The average molecular weight is 449 g/mol. The van der Waals surface area contributed by atoms with Crippen LogP contribution in [0.4, 0.5) is 11.5 Å². The highest BCUT2D eigenvalue weighted by atomic mass is 16.1. The summed E-state index contributed by atoms with van der Waals surface area (Å²) < 4.78 is 3.36. The molecule has 10 heteroatoms. The zero-order valence-corrected chi connectivity index (χ0v) is 18.7. The van der Waals surface area contributed by atoms with Crippen molar-refractivity contribution in [2.75, 3.05) is 5.32 Å². The number of nitrogens with zero attached hydrogens (tertiary/aromatic N) is 8. The van der Waals surface area contributed by atoms with Crippen molar-refractivity contribution in [2.45, 2.75) is 20.8 Å². The van der Waals surface area contributed by atoms with Gasteiger partial charge in [-0.25, -0.2) is 14.6 Å². The fourth-order valence-electron chi connectivity index (χ4n) is 3.58. The Bertz CT molecular complexity index is 1590. The van der Waals surface area contributed by atoms with Crippen LogP contribution in [0.15, 0.2) is 54.9 Å². The summed E-state index contributed by atoms with van der Waals surface area (Å²) in [4.78, 5) is 21.5. The fourth-order valence-corrected chi connectivity index (χ4v) is 3.58. The minimum Gasteiger partial charge on any atom is -0.339 e. The highest BCUT2D eigenvalue weighted by Gasteiger charge is 2.15. The number of benzene rings is 1. The molecule has 0 spiro atoms. The molecule has 0 fully saturated rings. The second-order valence-corrected chi connectivity index (χ2v) is 7.83. The van der Waals surface area contributed by atoms with Gasteiger partial charge in [0.2, 0.25) is 0 Å². The third-order valence-corrected chi connectivity index (χ3v) is 5.29. The predicted molar refractivity (Wildman–Crippen MR) is 125 cm³/mol. The smallest absolute Gasteiger partial charge is 0.163 e. The zero-order chi connectivity index (χ0) is 23.8.